The standard InChI is InChI=1S/C12H15F2N.ClH/c13-9-5-6-10(11(14)7-9)12(15)8-3-1-2-4-8;/h5-8,12H,1-4,15H2;1H/t12-;/m1./s1. The van der Waals surface area contributed by atoms with Gasteiger partial charge in [0.1, 0.15) is 11.6 Å². The van der Waals surface area contributed by atoms with Crippen molar-refractivity contribution in [3.05, 3.63) is 35.4 Å². The highest BCUT2D eigenvalue weighted by Crippen LogP contribution is 2.34. The first kappa shape index (κ1) is 13.4. The molecule has 1 aromatic carbocycles. The summed E-state index contributed by atoms with van der Waals surface area (Å²) < 4.78 is 26.1. The van der Waals surface area contributed by atoms with Crippen LogP contribution in [-0.2, 0) is 0 Å². The van der Waals surface area contributed by atoms with Crippen LogP contribution in [0.3, 0.4) is 0 Å². The quantitative estimate of drug-likeness (QED) is 0.850. The van der Waals surface area contributed by atoms with Crippen molar-refractivity contribution in [3.8, 4) is 0 Å². The number of rotatable bonds is 2. The summed E-state index contributed by atoms with van der Waals surface area (Å²) in [6.45, 7) is 0. The van der Waals surface area contributed by atoms with Crippen molar-refractivity contribution < 1.29 is 8.78 Å². The van der Waals surface area contributed by atoms with Crippen LogP contribution < -0.4 is 5.73 Å². The molecule has 2 N–H and O–H groups in total. The van der Waals surface area contributed by atoms with Crippen molar-refractivity contribution in [3.63, 3.8) is 0 Å². The molecule has 0 aromatic heterocycles. The molecule has 0 amide bonds. The number of hydrogen-bond acceptors (Lipinski definition) is 1. The third-order valence-corrected chi connectivity index (χ3v) is 3.23. The Morgan fingerprint density at radius 1 is 1.19 bits per heavy atom. The second-order valence-electron chi connectivity index (χ2n) is 4.24. The molecule has 0 spiro atoms. The first-order valence-electron chi connectivity index (χ1n) is 5.39. The van der Waals surface area contributed by atoms with Gasteiger partial charge in [0.15, 0.2) is 0 Å². The summed E-state index contributed by atoms with van der Waals surface area (Å²) in [5.74, 6) is -0.714. The topological polar surface area (TPSA) is 26.0 Å². The van der Waals surface area contributed by atoms with E-state index in [1.807, 2.05) is 0 Å². The lowest BCUT2D eigenvalue weighted by molar-refractivity contribution is 0.427. The minimum atomic E-state index is -0.546. The highest BCUT2D eigenvalue weighted by molar-refractivity contribution is 5.85. The van der Waals surface area contributed by atoms with E-state index < -0.39 is 11.6 Å². The Labute approximate surface area is 100 Å². The molecule has 0 unspecified atom stereocenters. The third kappa shape index (κ3) is 2.71. The van der Waals surface area contributed by atoms with Crippen LogP contribution in [0.1, 0.15) is 37.3 Å². The van der Waals surface area contributed by atoms with Crippen LogP contribution in [0.4, 0.5) is 8.78 Å². The minimum absolute atomic E-state index is 0. The third-order valence-electron chi connectivity index (χ3n) is 3.23. The maximum atomic E-state index is 13.4. The smallest absolute Gasteiger partial charge is 0.130 e. The van der Waals surface area contributed by atoms with E-state index in [4.69, 9.17) is 5.73 Å². The van der Waals surface area contributed by atoms with E-state index in [0.717, 1.165) is 18.9 Å². The Kier molecular flexibility index (Phi) is 4.69. The molecule has 90 valence electrons. The predicted octanol–water partition coefficient (Wildman–Crippen LogP) is 3.58. The molecule has 1 aliphatic carbocycles. The van der Waals surface area contributed by atoms with E-state index in [9.17, 15) is 8.78 Å². The number of hydrogen-bond donors (Lipinski definition) is 1. The molecule has 1 nitrogen and oxygen atoms in total. The molecule has 1 atom stereocenters. The molecular formula is C12H16ClF2N. The Hall–Kier alpha value is -0.670. The van der Waals surface area contributed by atoms with Gasteiger partial charge in [-0.1, -0.05) is 18.9 Å². The summed E-state index contributed by atoms with van der Waals surface area (Å²) in [7, 11) is 0. The lowest BCUT2D eigenvalue weighted by Gasteiger charge is -2.19. The second-order valence-corrected chi connectivity index (χ2v) is 4.24. The average Bonchev–Trinajstić information content (AvgIpc) is 2.69. The largest absolute Gasteiger partial charge is 0.324 e. The first-order chi connectivity index (χ1) is 7.18. The van der Waals surface area contributed by atoms with Crippen molar-refractivity contribution in [1.82, 2.24) is 0 Å². The predicted molar refractivity (Wildman–Crippen MR) is 62.5 cm³/mol. The zero-order valence-electron chi connectivity index (χ0n) is 8.96. The number of benzene rings is 1. The van der Waals surface area contributed by atoms with E-state index in [1.165, 1.54) is 25.0 Å². The first-order valence-corrected chi connectivity index (χ1v) is 5.39. The van der Waals surface area contributed by atoms with Gasteiger partial charge >= 0.3 is 0 Å². The summed E-state index contributed by atoms with van der Waals surface area (Å²) >= 11 is 0. The normalized spacial score (nSPS) is 18.2. The molecule has 0 heterocycles. The SMILES string of the molecule is Cl.N[C@@H](c1ccc(F)cc1F)C1CCCC1. The minimum Gasteiger partial charge on any atom is -0.324 e. The lowest BCUT2D eigenvalue weighted by atomic mass is 9.92. The van der Waals surface area contributed by atoms with Crippen molar-refractivity contribution in [2.75, 3.05) is 0 Å². The van der Waals surface area contributed by atoms with Crippen LogP contribution in [0, 0.1) is 17.6 Å². The van der Waals surface area contributed by atoms with Crippen molar-refractivity contribution in [2.24, 2.45) is 11.7 Å². The summed E-state index contributed by atoms with van der Waals surface area (Å²) in [6.07, 6.45) is 4.44. The molecule has 0 saturated heterocycles. The van der Waals surface area contributed by atoms with Gasteiger partial charge in [0.25, 0.3) is 0 Å². The zero-order chi connectivity index (χ0) is 10.8. The zero-order valence-corrected chi connectivity index (χ0v) is 9.77. The van der Waals surface area contributed by atoms with Gasteiger partial charge in [-0.2, -0.15) is 0 Å². The van der Waals surface area contributed by atoms with Crippen LogP contribution in [0.25, 0.3) is 0 Å². The number of halogens is 3. The van der Waals surface area contributed by atoms with E-state index >= 15 is 0 Å². The van der Waals surface area contributed by atoms with Gasteiger partial charge in [-0.05, 0) is 24.8 Å². The monoisotopic (exact) mass is 247 g/mol. The Bertz CT molecular complexity index is 351. The van der Waals surface area contributed by atoms with Gasteiger partial charge in [-0.3, -0.25) is 0 Å². The van der Waals surface area contributed by atoms with Gasteiger partial charge in [0.2, 0.25) is 0 Å². The molecule has 1 fully saturated rings. The summed E-state index contributed by atoms with van der Waals surface area (Å²) in [5, 5.41) is 0. The van der Waals surface area contributed by atoms with Gasteiger partial charge in [0, 0.05) is 17.7 Å². The molecule has 0 aliphatic heterocycles. The second kappa shape index (κ2) is 5.60. The molecule has 1 aromatic rings. The lowest BCUT2D eigenvalue weighted by Crippen LogP contribution is -2.20. The number of nitrogens with two attached hydrogens (primary N) is 1. The Morgan fingerprint density at radius 2 is 1.81 bits per heavy atom. The Balaban J connectivity index is 0.00000128. The van der Waals surface area contributed by atoms with Gasteiger partial charge in [0.05, 0.1) is 0 Å². The van der Waals surface area contributed by atoms with Crippen LogP contribution in [0.5, 0.6) is 0 Å². The van der Waals surface area contributed by atoms with Crippen molar-refractivity contribution in [2.45, 2.75) is 31.7 Å². The highest BCUT2D eigenvalue weighted by atomic mass is 35.5. The average molecular weight is 248 g/mol. The summed E-state index contributed by atoms with van der Waals surface area (Å²) in [5.41, 5.74) is 6.44. The summed E-state index contributed by atoms with van der Waals surface area (Å²) in [4.78, 5) is 0. The molecule has 4 heteroatoms. The highest BCUT2D eigenvalue weighted by Gasteiger charge is 2.25. The van der Waals surface area contributed by atoms with Crippen LogP contribution in [0.2, 0.25) is 0 Å². The van der Waals surface area contributed by atoms with Gasteiger partial charge in [-0.25, -0.2) is 8.78 Å². The van der Waals surface area contributed by atoms with E-state index in [-0.39, 0.29) is 18.4 Å². The summed E-state index contributed by atoms with van der Waals surface area (Å²) in [6, 6.07) is 3.36. The molecular weight excluding hydrogens is 232 g/mol. The van der Waals surface area contributed by atoms with Crippen LogP contribution >= 0.6 is 12.4 Å². The fourth-order valence-electron chi connectivity index (χ4n) is 2.34. The van der Waals surface area contributed by atoms with Gasteiger partial charge < -0.3 is 5.73 Å². The maximum Gasteiger partial charge on any atom is 0.130 e. The van der Waals surface area contributed by atoms with Crippen LogP contribution in [0.15, 0.2) is 18.2 Å². The molecule has 16 heavy (non-hydrogen) atoms. The van der Waals surface area contributed by atoms with Crippen LogP contribution in [-0.4, -0.2) is 0 Å². The maximum absolute atomic E-state index is 13.4. The molecule has 1 aliphatic rings. The Morgan fingerprint density at radius 3 is 2.38 bits per heavy atom. The van der Waals surface area contributed by atoms with Crippen molar-refractivity contribution >= 4 is 12.4 Å². The van der Waals surface area contributed by atoms with E-state index in [0.29, 0.717) is 11.5 Å². The molecule has 1 saturated carbocycles. The molecule has 0 radical (unpaired) electrons. The fraction of sp³-hybridized carbons (Fsp3) is 0.500. The fourth-order valence-corrected chi connectivity index (χ4v) is 2.34. The molecule has 0 bridgehead atoms. The molecule has 2 rings (SSSR count). The van der Waals surface area contributed by atoms with Gasteiger partial charge in [-0.15, -0.1) is 12.4 Å². The van der Waals surface area contributed by atoms with Crippen molar-refractivity contribution in [1.29, 1.82) is 0 Å². The van der Waals surface area contributed by atoms with E-state index in [1.54, 1.807) is 0 Å². The van der Waals surface area contributed by atoms with E-state index in [2.05, 4.69) is 0 Å².